The fourth-order valence-corrected chi connectivity index (χ4v) is 5.22. The lowest BCUT2D eigenvalue weighted by atomic mass is 9.84. The van der Waals surface area contributed by atoms with Crippen LogP contribution in [0.25, 0.3) is 0 Å². The van der Waals surface area contributed by atoms with Gasteiger partial charge in [-0.3, -0.25) is 0 Å². The molecule has 1 aliphatic carbocycles. The first kappa shape index (κ1) is 11.9. The molecule has 2 aliphatic rings. The Hall–Kier alpha value is 0.440. The summed E-state index contributed by atoms with van der Waals surface area (Å²) in [6, 6.07) is 0. The van der Waals surface area contributed by atoms with E-state index >= 15 is 0 Å². The first-order valence-corrected chi connectivity index (χ1v) is 7.38. The average molecular weight is 275 g/mol. The Morgan fingerprint density at radius 2 is 2.13 bits per heavy atom. The second-order valence-electron chi connectivity index (χ2n) is 5.82. The molecule has 1 aliphatic heterocycles. The number of hydrogen-bond acceptors (Lipinski definition) is 1. The molecule has 1 saturated carbocycles. The minimum atomic E-state index is 0.534. The van der Waals surface area contributed by atoms with Crippen molar-refractivity contribution in [2.24, 2.45) is 16.7 Å². The minimum Gasteiger partial charge on any atom is -0.378 e. The van der Waals surface area contributed by atoms with Crippen LogP contribution in [0.15, 0.2) is 0 Å². The van der Waals surface area contributed by atoms with Crippen LogP contribution >= 0.6 is 15.9 Å². The van der Waals surface area contributed by atoms with Crippen molar-refractivity contribution in [3.8, 4) is 0 Å². The standard InChI is InChI=1S/C13H23BrO/c1-4-5-10-8-13(6-7-15-10)11(9-14)12(13,2)3/h10-11H,4-9H2,1-3H3. The van der Waals surface area contributed by atoms with Gasteiger partial charge in [0, 0.05) is 11.9 Å². The second kappa shape index (κ2) is 4.03. The Balaban J connectivity index is 2.04. The Morgan fingerprint density at radius 3 is 2.67 bits per heavy atom. The van der Waals surface area contributed by atoms with Gasteiger partial charge in [0.1, 0.15) is 0 Å². The average Bonchev–Trinajstić information content (AvgIpc) is 2.62. The third-order valence-corrected chi connectivity index (χ3v) is 5.64. The van der Waals surface area contributed by atoms with E-state index in [0.29, 0.717) is 16.9 Å². The molecule has 1 spiro atoms. The number of hydrogen-bond donors (Lipinski definition) is 0. The lowest BCUT2D eigenvalue weighted by Gasteiger charge is -2.32. The highest BCUT2D eigenvalue weighted by Gasteiger charge is 2.70. The van der Waals surface area contributed by atoms with Crippen LogP contribution in [-0.2, 0) is 4.74 Å². The lowest BCUT2D eigenvalue weighted by Crippen LogP contribution is -2.29. The topological polar surface area (TPSA) is 9.23 Å². The number of ether oxygens (including phenoxy) is 1. The van der Waals surface area contributed by atoms with E-state index in [2.05, 4.69) is 36.7 Å². The smallest absolute Gasteiger partial charge is 0.0580 e. The summed E-state index contributed by atoms with van der Waals surface area (Å²) in [5, 5.41) is 1.17. The summed E-state index contributed by atoms with van der Waals surface area (Å²) in [5.74, 6) is 0.869. The van der Waals surface area contributed by atoms with Crippen LogP contribution in [0, 0.1) is 16.7 Å². The molecule has 88 valence electrons. The zero-order valence-corrected chi connectivity index (χ0v) is 11.8. The van der Waals surface area contributed by atoms with Crippen LogP contribution in [-0.4, -0.2) is 18.0 Å². The van der Waals surface area contributed by atoms with Gasteiger partial charge in [-0.05, 0) is 36.0 Å². The Morgan fingerprint density at radius 1 is 1.40 bits per heavy atom. The number of halogens is 1. The molecular formula is C13H23BrO. The minimum absolute atomic E-state index is 0.534. The largest absolute Gasteiger partial charge is 0.378 e. The molecule has 3 atom stereocenters. The molecule has 1 saturated heterocycles. The molecule has 0 radical (unpaired) electrons. The van der Waals surface area contributed by atoms with Crippen LogP contribution in [0.2, 0.25) is 0 Å². The molecule has 3 unspecified atom stereocenters. The van der Waals surface area contributed by atoms with Crippen molar-refractivity contribution in [1.29, 1.82) is 0 Å². The molecule has 0 aromatic carbocycles. The lowest BCUT2D eigenvalue weighted by molar-refractivity contribution is -0.0318. The van der Waals surface area contributed by atoms with E-state index in [0.717, 1.165) is 12.5 Å². The first-order chi connectivity index (χ1) is 7.08. The van der Waals surface area contributed by atoms with Crippen molar-refractivity contribution in [2.45, 2.75) is 52.6 Å². The second-order valence-corrected chi connectivity index (χ2v) is 6.47. The molecule has 0 aromatic heterocycles. The summed E-state index contributed by atoms with van der Waals surface area (Å²) in [5.41, 5.74) is 1.13. The number of rotatable bonds is 3. The first-order valence-electron chi connectivity index (χ1n) is 6.26. The summed E-state index contributed by atoms with van der Waals surface area (Å²) in [7, 11) is 0. The summed E-state index contributed by atoms with van der Waals surface area (Å²) in [4.78, 5) is 0. The van der Waals surface area contributed by atoms with Gasteiger partial charge in [0.15, 0.2) is 0 Å². The van der Waals surface area contributed by atoms with Crippen LogP contribution in [0.4, 0.5) is 0 Å². The van der Waals surface area contributed by atoms with E-state index in [-0.39, 0.29) is 0 Å². The molecular weight excluding hydrogens is 252 g/mol. The van der Waals surface area contributed by atoms with Gasteiger partial charge >= 0.3 is 0 Å². The van der Waals surface area contributed by atoms with E-state index in [1.165, 1.54) is 31.0 Å². The van der Waals surface area contributed by atoms with Crippen molar-refractivity contribution in [3.05, 3.63) is 0 Å². The Kier molecular flexibility index (Phi) is 3.20. The van der Waals surface area contributed by atoms with E-state index in [1.54, 1.807) is 0 Å². The Labute approximate surface area is 102 Å². The van der Waals surface area contributed by atoms with E-state index in [9.17, 15) is 0 Å². The summed E-state index contributed by atoms with van der Waals surface area (Å²) >= 11 is 3.68. The highest BCUT2D eigenvalue weighted by Crippen LogP contribution is 2.74. The van der Waals surface area contributed by atoms with Gasteiger partial charge in [-0.1, -0.05) is 43.1 Å². The maximum absolute atomic E-state index is 5.86. The van der Waals surface area contributed by atoms with Crippen molar-refractivity contribution >= 4 is 15.9 Å². The third kappa shape index (κ3) is 1.68. The maximum Gasteiger partial charge on any atom is 0.0580 e. The third-order valence-electron chi connectivity index (χ3n) is 5.00. The van der Waals surface area contributed by atoms with Crippen molar-refractivity contribution in [3.63, 3.8) is 0 Å². The van der Waals surface area contributed by atoms with Gasteiger partial charge in [0.05, 0.1) is 6.10 Å². The SMILES string of the molecule is CCCC1CC2(CCO1)C(CBr)C2(C)C. The molecule has 1 heterocycles. The molecule has 2 heteroatoms. The van der Waals surface area contributed by atoms with Gasteiger partial charge in [0.25, 0.3) is 0 Å². The van der Waals surface area contributed by atoms with Crippen LogP contribution in [0.3, 0.4) is 0 Å². The fraction of sp³-hybridized carbons (Fsp3) is 1.00. The molecule has 0 amide bonds. The quantitative estimate of drug-likeness (QED) is 0.707. The maximum atomic E-state index is 5.86. The van der Waals surface area contributed by atoms with Crippen molar-refractivity contribution in [1.82, 2.24) is 0 Å². The molecule has 0 aromatic rings. The highest BCUT2D eigenvalue weighted by atomic mass is 79.9. The molecule has 0 N–H and O–H groups in total. The van der Waals surface area contributed by atoms with Gasteiger partial charge < -0.3 is 4.74 Å². The molecule has 0 bridgehead atoms. The van der Waals surface area contributed by atoms with E-state index in [4.69, 9.17) is 4.74 Å². The van der Waals surface area contributed by atoms with Gasteiger partial charge in [-0.2, -0.15) is 0 Å². The summed E-state index contributed by atoms with van der Waals surface area (Å²) in [6.45, 7) is 8.11. The normalized spacial score (nSPS) is 43.2. The Bertz CT molecular complexity index is 237. The van der Waals surface area contributed by atoms with Crippen LogP contribution in [0.5, 0.6) is 0 Å². The van der Waals surface area contributed by atoms with Gasteiger partial charge in [-0.15, -0.1) is 0 Å². The predicted molar refractivity (Wildman–Crippen MR) is 67.4 cm³/mol. The summed E-state index contributed by atoms with van der Waals surface area (Å²) < 4.78 is 5.86. The molecule has 1 nitrogen and oxygen atoms in total. The predicted octanol–water partition coefficient (Wildman–Crippen LogP) is 4.00. The zero-order chi connectivity index (χ0) is 11.1. The molecule has 15 heavy (non-hydrogen) atoms. The van der Waals surface area contributed by atoms with Crippen LogP contribution < -0.4 is 0 Å². The summed E-state index contributed by atoms with van der Waals surface area (Å²) in [6.07, 6.45) is 5.60. The fourth-order valence-electron chi connectivity index (χ4n) is 3.79. The van der Waals surface area contributed by atoms with E-state index in [1.807, 2.05) is 0 Å². The zero-order valence-electron chi connectivity index (χ0n) is 10.2. The highest BCUT2D eigenvalue weighted by molar-refractivity contribution is 9.09. The van der Waals surface area contributed by atoms with Gasteiger partial charge in [-0.25, -0.2) is 0 Å². The molecule has 2 rings (SSSR count). The monoisotopic (exact) mass is 274 g/mol. The van der Waals surface area contributed by atoms with Crippen LogP contribution in [0.1, 0.15) is 46.5 Å². The van der Waals surface area contributed by atoms with Crippen molar-refractivity contribution < 1.29 is 4.74 Å². The van der Waals surface area contributed by atoms with Gasteiger partial charge in [0.2, 0.25) is 0 Å². The molecule has 2 fully saturated rings. The van der Waals surface area contributed by atoms with E-state index < -0.39 is 0 Å². The number of alkyl halides is 1. The van der Waals surface area contributed by atoms with Crippen molar-refractivity contribution in [2.75, 3.05) is 11.9 Å².